The molecule has 1 fully saturated rings. The molecule has 1 aromatic carbocycles. The van der Waals surface area contributed by atoms with Crippen LogP contribution in [0.4, 0.5) is 0 Å². The number of carbonyl (C=O) groups is 1. The number of esters is 1. The van der Waals surface area contributed by atoms with E-state index in [0.717, 1.165) is 13.1 Å². The molecular formula is C17H25NO2. The minimum Gasteiger partial charge on any atom is -0.469 e. The van der Waals surface area contributed by atoms with Gasteiger partial charge in [-0.25, -0.2) is 0 Å². The van der Waals surface area contributed by atoms with E-state index >= 15 is 0 Å². The van der Waals surface area contributed by atoms with Gasteiger partial charge in [0, 0.05) is 19.1 Å². The summed E-state index contributed by atoms with van der Waals surface area (Å²) in [4.78, 5) is 14.1. The lowest BCUT2D eigenvalue weighted by Gasteiger charge is -2.42. The van der Waals surface area contributed by atoms with Crippen LogP contribution in [-0.2, 0) is 16.1 Å². The van der Waals surface area contributed by atoms with Gasteiger partial charge in [0.05, 0.1) is 13.5 Å². The molecule has 3 nitrogen and oxygen atoms in total. The van der Waals surface area contributed by atoms with E-state index in [-0.39, 0.29) is 5.97 Å². The first kappa shape index (κ1) is 15.0. The molecule has 3 heteroatoms. The summed E-state index contributed by atoms with van der Waals surface area (Å²) < 4.78 is 4.86. The lowest BCUT2D eigenvalue weighted by atomic mass is 9.83. The molecule has 1 aliphatic rings. The maximum atomic E-state index is 11.7. The van der Waals surface area contributed by atoms with E-state index in [2.05, 4.69) is 43.0 Å². The van der Waals surface area contributed by atoms with Gasteiger partial charge < -0.3 is 4.74 Å². The topological polar surface area (TPSA) is 29.5 Å². The number of piperidine rings is 1. The van der Waals surface area contributed by atoms with Crippen LogP contribution >= 0.6 is 0 Å². The zero-order valence-electron chi connectivity index (χ0n) is 12.7. The fourth-order valence-electron chi connectivity index (χ4n) is 3.35. The second-order valence-corrected chi connectivity index (χ2v) is 6.08. The first-order valence-corrected chi connectivity index (χ1v) is 7.45. The normalized spacial score (nSPS) is 27.2. The summed E-state index contributed by atoms with van der Waals surface area (Å²) in [5.74, 6) is 1.11. The van der Waals surface area contributed by atoms with Crippen LogP contribution < -0.4 is 0 Å². The molecule has 0 bridgehead atoms. The molecule has 3 atom stereocenters. The Labute approximate surface area is 121 Å². The third kappa shape index (κ3) is 3.83. The number of hydrogen-bond acceptors (Lipinski definition) is 3. The van der Waals surface area contributed by atoms with Crippen molar-refractivity contribution in [3.63, 3.8) is 0 Å². The zero-order valence-corrected chi connectivity index (χ0v) is 12.7. The second kappa shape index (κ2) is 6.89. The van der Waals surface area contributed by atoms with Crippen LogP contribution in [0.1, 0.15) is 32.3 Å². The molecule has 0 aliphatic carbocycles. The van der Waals surface area contributed by atoms with Crippen molar-refractivity contribution in [1.29, 1.82) is 0 Å². The van der Waals surface area contributed by atoms with Crippen molar-refractivity contribution in [2.45, 2.75) is 39.3 Å². The van der Waals surface area contributed by atoms with Crippen molar-refractivity contribution in [2.24, 2.45) is 11.8 Å². The maximum Gasteiger partial charge on any atom is 0.307 e. The van der Waals surface area contributed by atoms with E-state index in [1.165, 1.54) is 19.1 Å². The van der Waals surface area contributed by atoms with E-state index in [0.29, 0.717) is 24.3 Å². The highest BCUT2D eigenvalue weighted by Crippen LogP contribution is 2.30. The third-order valence-electron chi connectivity index (χ3n) is 4.28. The van der Waals surface area contributed by atoms with Crippen LogP contribution in [0.3, 0.4) is 0 Å². The standard InChI is InChI=1S/C17H25NO2/c1-13-9-14(2)16(10-17(19)20-3)18(11-13)12-15-7-5-4-6-8-15/h4-8,13-14,16H,9-12H2,1-3H3. The number of likely N-dealkylation sites (tertiary alicyclic amines) is 1. The highest BCUT2D eigenvalue weighted by Gasteiger charge is 2.33. The lowest BCUT2D eigenvalue weighted by molar-refractivity contribution is -0.143. The van der Waals surface area contributed by atoms with E-state index < -0.39 is 0 Å². The molecular weight excluding hydrogens is 250 g/mol. The second-order valence-electron chi connectivity index (χ2n) is 6.08. The Balaban J connectivity index is 2.10. The summed E-state index contributed by atoms with van der Waals surface area (Å²) in [6.45, 7) is 6.52. The Morgan fingerprint density at radius 2 is 2.00 bits per heavy atom. The summed E-state index contributed by atoms with van der Waals surface area (Å²) in [5.41, 5.74) is 1.31. The average Bonchev–Trinajstić information content (AvgIpc) is 2.43. The van der Waals surface area contributed by atoms with Crippen molar-refractivity contribution in [3.8, 4) is 0 Å². The molecule has 0 N–H and O–H groups in total. The molecule has 2 rings (SSSR count). The predicted molar refractivity (Wildman–Crippen MR) is 80.2 cm³/mol. The van der Waals surface area contributed by atoms with Gasteiger partial charge in [-0.15, -0.1) is 0 Å². The molecule has 0 aromatic heterocycles. The van der Waals surface area contributed by atoms with Gasteiger partial charge >= 0.3 is 5.97 Å². The number of methoxy groups -OCH3 is 1. The number of nitrogens with zero attached hydrogens (tertiary/aromatic N) is 1. The average molecular weight is 275 g/mol. The number of hydrogen-bond donors (Lipinski definition) is 0. The summed E-state index contributed by atoms with van der Waals surface area (Å²) in [6.07, 6.45) is 1.68. The smallest absolute Gasteiger partial charge is 0.307 e. The Morgan fingerprint density at radius 3 is 2.65 bits per heavy atom. The van der Waals surface area contributed by atoms with Crippen LogP contribution in [0.25, 0.3) is 0 Å². The van der Waals surface area contributed by atoms with Gasteiger partial charge in [-0.2, -0.15) is 0 Å². The Kier molecular flexibility index (Phi) is 5.18. The van der Waals surface area contributed by atoms with Crippen molar-refractivity contribution >= 4 is 5.97 Å². The summed E-state index contributed by atoms with van der Waals surface area (Å²) >= 11 is 0. The lowest BCUT2D eigenvalue weighted by Crippen LogP contribution is -2.47. The summed E-state index contributed by atoms with van der Waals surface area (Å²) in [7, 11) is 1.47. The van der Waals surface area contributed by atoms with Crippen molar-refractivity contribution in [1.82, 2.24) is 4.90 Å². The van der Waals surface area contributed by atoms with Crippen LogP contribution in [-0.4, -0.2) is 30.6 Å². The summed E-state index contributed by atoms with van der Waals surface area (Å²) in [6, 6.07) is 10.8. The van der Waals surface area contributed by atoms with E-state index in [1.54, 1.807) is 0 Å². The zero-order chi connectivity index (χ0) is 14.5. The quantitative estimate of drug-likeness (QED) is 0.791. The van der Waals surface area contributed by atoms with Crippen LogP contribution in [0.2, 0.25) is 0 Å². The van der Waals surface area contributed by atoms with Crippen molar-refractivity contribution in [2.75, 3.05) is 13.7 Å². The largest absolute Gasteiger partial charge is 0.469 e. The van der Waals surface area contributed by atoms with Gasteiger partial charge in [0.25, 0.3) is 0 Å². The number of carbonyl (C=O) groups excluding carboxylic acids is 1. The predicted octanol–water partition coefficient (Wildman–Crippen LogP) is 3.10. The minimum absolute atomic E-state index is 0.102. The first-order chi connectivity index (χ1) is 9.60. The minimum atomic E-state index is -0.102. The fraction of sp³-hybridized carbons (Fsp3) is 0.588. The molecule has 20 heavy (non-hydrogen) atoms. The van der Waals surface area contributed by atoms with Crippen molar-refractivity contribution in [3.05, 3.63) is 35.9 Å². The molecule has 110 valence electrons. The van der Waals surface area contributed by atoms with E-state index in [1.807, 2.05) is 6.07 Å². The Hall–Kier alpha value is -1.35. The highest BCUT2D eigenvalue weighted by molar-refractivity contribution is 5.70. The monoisotopic (exact) mass is 275 g/mol. The Bertz CT molecular complexity index is 432. The van der Waals surface area contributed by atoms with Gasteiger partial charge in [-0.05, 0) is 23.8 Å². The van der Waals surface area contributed by atoms with Crippen molar-refractivity contribution < 1.29 is 9.53 Å². The molecule has 0 saturated carbocycles. The van der Waals surface area contributed by atoms with Crippen LogP contribution in [0, 0.1) is 11.8 Å². The number of ether oxygens (including phenoxy) is 1. The van der Waals surface area contributed by atoms with Crippen LogP contribution in [0.5, 0.6) is 0 Å². The fourth-order valence-corrected chi connectivity index (χ4v) is 3.35. The molecule has 3 unspecified atom stereocenters. The van der Waals surface area contributed by atoms with E-state index in [4.69, 9.17) is 4.74 Å². The Morgan fingerprint density at radius 1 is 1.30 bits per heavy atom. The highest BCUT2D eigenvalue weighted by atomic mass is 16.5. The van der Waals surface area contributed by atoms with Gasteiger partial charge in [-0.1, -0.05) is 44.2 Å². The molecule has 0 radical (unpaired) electrons. The first-order valence-electron chi connectivity index (χ1n) is 7.45. The van der Waals surface area contributed by atoms with E-state index in [9.17, 15) is 4.79 Å². The van der Waals surface area contributed by atoms with Gasteiger partial charge in [0.2, 0.25) is 0 Å². The number of benzene rings is 1. The molecule has 1 heterocycles. The summed E-state index contributed by atoms with van der Waals surface area (Å²) in [5, 5.41) is 0. The molecule has 1 aromatic rings. The maximum absolute atomic E-state index is 11.7. The SMILES string of the molecule is COC(=O)CC1C(C)CC(C)CN1Cc1ccccc1. The van der Waals surface area contributed by atoms with Gasteiger partial charge in [0.15, 0.2) is 0 Å². The third-order valence-corrected chi connectivity index (χ3v) is 4.28. The van der Waals surface area contributed by atoms with Gasteiger partial charge in [-0.3, -0.25) is 9.69 Å². The molecule has 0 spiro atoms. The molecule has 1 saturated heterocycles. The number of rotatable bonds is 4. The van der Waals surface area contributed by atoms with Crippen LogP contribution in [0.15, 0.2) is 30.3 Å². The van der Waals surface area contributed by atoms with Gasteiger partial charge in [0.1, 0.15) is 0 Å². The molecule has 0 amide bonds. The molecule has 1 aliphatic heterocycles.